The molecule has 2 rings (SSSR count). The predicted molar refractivity (Wildman–Crippen MR) is 49.3 cm³/mol. The summed E-state index contributed by atoms with van der Waals surface area (Å²) in [6.45, 7) is 6.45. The second-order valence-electron chi connectivity index (χ2n) is 4.96. The summed E-state index contributed by atoms with van der Waals surface area (Å²) < 4.78 is 0. The number of halogens is 1. The second kappa shape index (κ2) is 2.06. The normalized spacial score (nSPS) is 50.2. The summed E-state index contributed by atoms with van der Waals surface area (Å²) in [5.41, 5.74) is -0.0133. The Hall–Kier alpha value is -0.0400. The number of carbonyl (C=O) groups is 1. The Morgan fingerprint density at radius 2 is 2.00 bits per heavy atom. The maximum absolute atomic E-state index is 11.8. The molecule has 2 bridgehead atoms. The van der Waals surface area contributed by atoms with Gasteiger partial charge in [0.15, 0.2) is 5.78 Å². The average molecular weight is 187 g/mol. The number of carbonyl (C=O) groups excluding carboxylic acids is 1. The monoisotopic (exact) mass is 186 g/mol. The molecule has 68 valence electrons. The first-order chi connectivity index (χ1) is 5.41. The van der Waals surface area contributed by atoms with Gasteiger partial charge >= 0.3 is 0 Å². The van der Waals surface area contributed by atoms with E-state index in [1.165, 1.54) is 0 Å². The Balaban J connectivity index is 2.50. The van der Waals surface area contributed by atoms with E-state index in [0.717, 1.165) is 12.8 Å². The molecule has 0 aliphatic heterocycles. The maximum Gasteiger partial charge on any atom is 0.157 e. The Morgan fingerprint density at radius 1 is 1.42 bits per heavy atom. The van der Waals surface area contributed by atoms with Crippen LogP contribution in [-0.2, 0) is 4.79 Å². The Kier molecular flexibility index (Phi) is 1.47. The third-order valence-corrected chi connectivity index (χ3v) is 4.95. The van der Waals surface area contributed by atoms with E-state index in [9.17, 15) is 4.79 Å². The van der Waals surface area contributed by atoms with E-state index >= 15 is 0 Å². The average Bonchev–Trinajstić information content (AvgIpc) is 2.26. The molecule has 1 nitrogen and oxygen atoms in total. The topological polar surface area (TPSA) is 17.1 Å². The van der Waals surface area contributed by atoms with Crippen LogP contribution in [0, 0.1) is 16.7 Å². The molecule has 0 spiro atoms. The second-order valence-corrected chi connectivity index (χ2v) is 5.44. The third kappa shape index (κ3) is 0.654. The summed E-state index contributed by atoms with van der Waals surface area (Å²) >= 11 is 6.08. The van der Waals surface area contributed by atoms with Crippen molar-refractivity contribution in [1.82, 2.24) is 0 Å². The van der Waals surface area contributed by atoms with Crippen LogP contribution in [0.4, 0.5) is 0 Å². The van der Waals surface area contributed by atoms with Crippen molar-refractivity contribution in [2.75, 3.05) is 0 Å². The summed E-state index contributed by atoms with van der Waals surface area (Å²) in [5.74, 6) is 0.696. The highest BCUT2D eigenvalue weighted by Crippen LogP contribution is 2.64. The zero-order chi connectivity index (χ0) is 9.15. The molecule has 0 aromatic carbocycles. The van der Waals surface area contributed by atoms with Gasteiger partial charge < -0.3 is 0 Å². The van der Waals surface area contributed by atoms with Gasteiger partial charge in [-0.15, -0.1) is 11.6 Å². The first-order valence-electron chi connectivity index (χ1n) is 4.59. The van der Waals surface area contributed by atoms with Crippen LogP contribution in [-0.4, -0.2) is 11.2 Å². The quantitative estimate of drug-likeness (QED) is 0.532. The number of alkyl halides is 1. The summed E-state index contributed by atoms with van der Waals surface area (Å²) in [5, 5.41) is -0.209. The van der Waals surface area contributed by atoms with Gasteiger partial charge in [-0.1, -0.05) is 20.8 Å². The van der Waals surface area contributed by atoms with Crippen molar-refractivity contribution in [1.29, 1.82) is 0 Å². The highest BCUT2D eigenvalue weighted by molar-refractivity contribution is 6.33. The van der Waals surface area contributed by atoms with Crippen molar-refractivity contribution in [3.05, 3.63) is 0 Å². The molecule has 0 aromatic heterocycles. The molecule has 0 amide bonds. The van der Waals surface area contributed by atoms with Gasteiger partial charge in [-0.25, -0.2) is 0 Å². The van der Waals surface area contributed by atoms with Crippen LogP contribution in [0.5, 0.6) is 0 Å². The van der Waals surface area contributed by atoms with E-state index in [4.69, 9.17) is 11.6 Å². The molecule has 2 saturated carbocycles. The minimum atomic E-state index is -0.209. The third-order valence-electron chi connectivity index (χ3n) is 4.45. The van der Waals surface area contributed by atoms with Crippen molar-refractivity contribution in [3.8, 4) is 0 Å². The lowest BCUT2D eigenvalue weighted by atomic mass is 9.70. The maximum atomic E-state index is 11.8. The molecule has 0 radical (unpaired) electrons. The smallest absolute Gasteiger partial charge is 0.157 e. The minimum absolute atomic E-state index is 0.122. The molecular weight excluding hydrogens is 172 g/mol. The Labute approximate surface area is 78.5 Å². The molecule has 0 N–H and O–H groups in total. The van der Waals surface area contributed by atoms with Crippen LogP contribution < -0.4 is 0 Å². The molecule has 0 aromatic rings. The largest absolute Gasteiger partial charge is 0.297 e. The van der Waals surface area contributed by atoms with Crippen LogP contribution >= 0.6 is 11.6 Å². The molecule has 12 heavy (non-hydrogen) atoms. The van der Waals surface area contributed by atoms with Gasteiger partial charge in [0.05, 0.1) is 5.38 Å². The lowest BCUT2D eigenvalue weighted by molar-refractivity contribution is -0.127. The first kappa shape index (κ1) is 8.55. The fourth-order valence-corrected chi connectivity index (χ4v) is 3.66. The summed E-state index contributed by atoms with van der Waals surface area (Å²) in [6, 6.07) is 0. The number of rotatable bonds is 0. The molecule has 0 heterocycles. The van der Waals surface area contributed by atoms with Gasteiger partial charge in [0.2, 0.25) is 0 Å². The molecule has 2 heteroatoms. The summed E-state index contributed by atoms with van der Waals surface area (Å²) in [4.78, 5) is 11.8. The molecular formula is C10H15ClO. The minimum Gasteiger partial charge on any atom is -0.297 e. The van der Waals surface area contributed by atoms with Crippen molar-refractivity contribution >= 4 is 17.4 Å². The molecule has 2 aliphatic rings. The van der Waals surface area contributed by atoms with Crippen LogP contribution in [0.1, 0.15) is 33.6 Å². The van der Waals surface area contributed by atoms with Crippen LogP contribution in [0.15, 0.2) is 0 Å². The van der Waals surface area contributed by atoms with E-state index < -0.39 is 0 Å². The fraction of sp³-hybridized carbons (Fsp3) is 0.900. The van der Waals surface area contributed by atoms with Crippen LogP contribution in [0.2, 0.25) is 0 Å². The van der Waals surface area contributed by atoms with Gasteiger partial charge in [-0.3, -0.25) is 4.79 Å². The molecule has 3 atom stereocenters. The molecule has 2 aliphatic carbocycles. The van der Waals surface area contributed by atoms with Gasteiger partial charge in [-0.05, 0) is 24.2 Å². The predicted octanol–water partition coefficient (Wildman–Crippen LogP) is 2.62. The standard InChI is InChI=1S/C10H15ClO/c1-9(2)6-4-5-10(9,3)8(12)7(6)11/h6-7H,4-5H2,1-3H3/t6?,7?,10-/m1/s1. The fourth-order valence-electron chi connectivity index (χ4n) is 2.98. The lowest BCUT2D eigenvalue weighted by Gasteiger charge is -2.32. The van der Waals surface area contributed by atoms with E-state index in [1.807, 2.05) is 0 Å². The van der Waals surface area contributed by atoms with Gasteiger partial charge in [-0.2, -0.15) is 0 Å². The van der Waals surface area contributed by atoms with Crippen LogP contribution in [0.3, 0.4) is 0 Å². The molecule has 2 fully saturated rings. The first-order valence-corrected chi connectivity index (χ1v) is 5.03. The SMILES string of the molecule is CC1(C)C2CC[C@]1(C)C(=O)C2Cl. The van der Waals surface area contributed by atoms with Gasteiger partial charge in [0.1, 0.15) is 0 Å². The summed E-state index contributed by atoms with van der Waals surface area (Å²) in [7, 11) is 0. The number of fused-ring (bicyclic) bond motifs is 2. The number of hydrogen-bond acceptors (Lipinski definition) is 1. The van der Waals surface area contributed by atoms with E-state index in [2.05, 4.69) is 20.8 Å². The van der Waals surface area contributed by atoms with Crippen molar-refractivity contribution in [3.63, 3.8) is 0 Å². The van der Waals surface area contributed by atoms with E-state index in [-0.39, 0.29) is 22.0 Å². The lowest BCUT2D eigenvalue weighted by Crippen LogP contribution is -2.33. The van der Waals surface area contributed by atoms with E-state index in [0.29, 0.717) is 5.92 Å². The molecule has 2 unspecified atom stereocenters. The van der Waals surface area contributed by atoms with Crippen molar-refractivity contribution < 1.29 is 4.79 Å². The van der Waals surface area contributed by atoms with Crippen LogP contribution in [0.25, 0.3) is 0 Å². The molecule has 0 saturated heterocycles. The Morgan fingerprint density at radius 3 is 2.25 bits per heavy atom. The number of hydrogen-bond donors (Lipinski definition) is 0. The van der Waals surface area contributed by atoms with Crippen molar-refractivity contribution in [2.24, 2.45) is 16.7 Å². The van der Waals surface area contributed by atoms with E-state index in [1.54, 1.807) is 0 Å². The van der Waals surface area contributed by atoms with Gasteiger partial charge in [0, 0.05) is 5.41 Å². The number of ketones is 1. The zero-order valence-corrected chi connectivity index (χ0v) is 8.61. The Bertz CT molecular complexity index is 246. The zero-order valence-electron chi connectivity index (χ0n) is 7.86. The highest BCUT2D eigenvalue weighted by atomic mass is 35.5. The highest BCUT2D eigenvalue weighted by Gasteiger charge is 2.65. The van der Waals surface area contributed by atoms with Gasteiger partial charge in [0.25, 0.3) is 0 Å². The summed E-state index contributed by atoms with van der Waals surface area (Å²) in [6.07, 6.45) is 2.16. The number of Topliss-reactive ketones (excluding diaryl/α,β-unsaturated/α-hetero) is 1. The van der Waals surface area contributed by atoms with Crippen molar-refractivity contribution in [2.45, 2.75) is 39.0 Å².